The molecule has 20 heavy (non-hydrogen) atoms. The van der Waals surface area contributed by atoms with Crippen molar-refractivity contribution in [3.05, 3.63) is 59.7 Å². The molecular weight excluding hydrogens is 256 g/mol. The zero-order valence-electron chi connectivity index (χ0n) is 10.9. The number of hydrogen-bond donors (Lipinski definition) is 1. The van der Waals surface area contributed by atoms with Gasteiger partial charge in [0.05, 0.1) is 7.11 Å². The average Bonchev–Trinajstić information content (AvgIpc) is 2.85. The van der Waals surface area contributed by atoms with E-state index in [0.29, 0.717) is 22.6 Å². The molecule has 2 aromatic rings. The second kappa shape index (κ2) is 4.98. The van der Waals surface area contributed by atoms with Crippen molar-refractivity contribution in [2.24, 2.45) is 0 Å². The minimum atomic E-state index is -0.999. The quantitative estimate of drug-likeness (QED) is 0.930. The van der Waals surface area contributed by atoms with E-state index in [1.165, 1.54) is 7.11 Å². The summed E-state index contributed by atoms with van der Waals surface area (Å²) in [5.41, 5.74) is 1.05. The first kappa shape index (κ1) is 12.7. The standard InChI is InChI=1S/C16H14O4/c1-19-11-8-5-9-12-13(11)15(18)16(20-12)14(17)10-6-3-2-4-7-10/h2-9,14,16-17H,1H3/t14-,16-/m0/s1. The van der Waals surface area contributed by atoms with Gasteiger partial charge in [0.15, 0.2) is 6.10 Å². The van der Waals surface area contributed by atoms with Gasteiger partial charge in [-0.2, -0.15) is 0 Å². The first-order chi connectivity index (χ1) is 9.72. The third-order valence-corrected chi connectivity index (χ3v) is 3.39. The maximum atomic E-state index is 12.4. The Kier molecular flexibility index (Phi) is 3.16. The first-order valence-corrected chi connectivity index (χ1v) is 6.33. The van der Waals surface area contributed by atoms with E-state index in [-0.39, 0.29) is 5.78 Å². The number of aliphatic hydroxyl groups is 1. The Bertz CT molecular complexity index is 636. The van der Waals surface area contributed by atoms with Gasteiger partial charge in [0.1, 0.15) is 23.2 Å². The van der Waals surface area contributed by atoms with E-state index in [2.05, 4.69) is 0 Å². The molecule has 0 spiro atoms. The normalized spacial score (nSPS) is 18.3. The van der Waals surface area contributed by atoms with E-state index < -0.39 is 12.2 Å². The molecule has 4 heteroatoms. The lowest BCUT2D eigenvalue weighted by molar-refractivity contribution is 0.0407. The van der Waals surface area contributed by atoms with Crippen LogP contribution < -0.4 is 9.47 Å². The first-order valence-electron chi connectivity index (χ1n) is 6.33. The molecule has 4 nitrogen and oxygen atoms in total. The maximum Gasteiger partial charge on any atom is 0.213 e. The Labute approximate surface area is 116 Å². The molecule has 102 valence electrons. The number of ketones is 1. The van der Waals surface area contributed by atoms with Crippen LogP contribution in [0.2, 0.25) is 0 Å². The maximum absolute atomic E-state index is 12.4. The summed E-state index contributed by atoms with van der Waals surface area (Å²) >= 11 is 0. The Hall–Kier alpha value is -2.33. The Morgan fingerprint density at radius 2 is 1.90 bits per heavy atom. The van der Waals surface area contributed by atoms with Crippen molar-refractivity contribution in [1.29, 1.82) is 0 Å². The number of carbonyl (C=O) groups excluding carboxylic acids is 1. The number of rotatable bonds is 3. The molecule has 0 saturated carbocycles. The summed E-state index contributed by atoms with van der Waals surface area (Å²) < 4.78 is 10.8. The van der Waals surface area contributed by atoms with Crippen molar-refractivity contribution in [2.75, 3.05) is 7.11 Å². The lowest BCUT2D eigenvalue weighted by Gasteiger charge is -2.16. The van der Waals surface area contributed by atoms with Crippen LogP contribution >= 0.6 is 0 Å². The Morgan fingerprint density at radius 3 is 2.60 bits per heavy atom. The number of benzene rings is 2. The molecule has 1 heterocycles. The number of ether oxygens (including phenoxy) is 2. The van der Waals surface area contributed by atoms with Crippen LogP contribution in [0, 0.1) is 0 Å². The van der Waals surface area contributed by atoms with Crippen molar-refractivity contribution in [1.82, 2.24) is 0 Å². The van der Waals surface area contributed by atoms with E-state index in [1.54, 1.807) is 30.3 Å². The molecule has 3 rings (SSSR count). The highest BCUT2D eigenvalue weighted by molar-refractivity contribution is 6.07. The predicted octanol–water partition coefficient (Wildman–Crippen LogP) is 2.37. The van der Waals surface area contributed by atoms with Gasteiger partial charge in [-0.05, 0) is 17.7 Å². The van der Waals surface area contributed by atoms with E-state index in [4.69, 9.17) is 9.47 Å². The number of carbonyl (C=O) groups is 1. The van der Waals surface area contributed by atoms with Crippen LogP contribution in [0.25, 0.3) is 0 Å². The minimum Gasteiger partial charge on any atom is -0.496 e. The highest BCUT2D eigenvalue weighted by atomic mass is 16.5. The second-order valence-corrected chi connectivity index (χ2v) is 4.59. The van der Waals surface area contributed by atoms with Crippen molar-refractivity contribution in [3.8, 4) is 11.5 Å². The monoisotopic (exact) mass is 270 g/mol. The highest BCUT2D eigenvalue weighted by Gasteiger charge is 2.40. The third kappa shape index (κ3) is 1.94. The summed E-state index contributed by atoms with van der Waals surface area (Å²) in [5.74, 6) is 0.665. The Balaban J connectivity index is 1.94. The molecule has 0 saturated heterocycles. The summed E-state index contributed by atoms with van der Waals surface area (Å²) in [6.45, 7) is 0. The summed E-state index contributed by atoms with van der Waals surface area (Å²) in [6, 6.07) is 14.2. The lowest BCUT2D eigenvalue weighted by atomic mass is 9.99. The number of Topliss-reactive ketones (excluding diaryl/α,β-unsaturated/α-hetero) is 1. The fourth-order valence-electron chi connectivity index (χ4n) is 2.39. The molecule has 0 bridgehead atoms. The lowest BCUT2D eigenvalue weighted by Crippen LogP contribution is -2.28. The third-order valence-electron chi connectivity index (χ3n) is 3.39. The zero-order chi connectivity index (χ0) is 14.1. The summed E-state index contributed by atoms with van der Waals surface area (Å²) in [5, 5.41) is 10.3. The minimum absolute atomic E-state index is 0.256. The molecular formula is C16H14O4. The molecule has 2 aromatic carbocycles. The molecule has 0 radical (unpaired) electrons. The Morgan fingerprint density at radius 1 is 1.15 bits per heavy atom. The van der Waals surface area contributed by atoms with E-state index in [0.717, 1.165) is 0 Å². The molecule has 1 aliphatic rings. The fourth-order valence-corrected chi connectivity index (χ4v) is 2.39. The summed E-state index contributed by atoms with van der Waals surface area (Å²) in [4.78, 5) is 12.4. The molecule has 0 amide bonds. The van der Waals surface area contributed by atoms with Crippen LogP contribution in [0.3, 0.4) is 0 Å². The number of methoxy groups -OCH3 is 1. The van der Waals surface area contributed by atoms with Gasteiger partial charge in [0.25, 0.3) is 0 Å². The largest absolute Gasteiger partial charge is 0.496 e. The molecule has 1 aliphatic heterocycles. The average molecular weight is 270 g/mol. The van der Waals surface area contributed by atoms with Crippen LogP contribution in [0.15, 0.2) is 48.5 Å². The van der Waals surface area contributed by atoms with Crippen molar-refractivity contribution in [3.63, 3.8) is 0 Å². The zero-order valence-corrected chi connectivity index (χ0v) is 10.9. The van der Waals surface area contributed by atoms with Crippen molar-refractivity contribution in [2.45, 2.75) is 12.2 Å². The SMILES string of the molecule is COc1cccc2c1C(=O)[C@H]([C@@H](O)c1ccccc1)O2. The van der Waals surface area contributed by atoms with Crippen LogP contribution in [0.1, 0.15) is 22.0 Å². The van der Waals surface area contributed by atoms with Crippen LogP contribution in [0.5, 0.6) is 11.5 Å². The van der Waals surface area contributed by atoms with Crippen LogP contribution in [-0.2, 0) is 0 Å². The molecule has 1 N–H and O–H groups in total. The summed E-state index contributed by atoms with van der Waals surface area (Å²) in [7, 11) is 1.50. The van der Waals surface area contributed by atoms with Gasteiger partial charge in [-0.25, -0.2) is 0 Å². The van der Waals surface area contributed by atoms with E-state index in [9.17, 15) is 9.90 Å². The summed E-state index contributed by atoms with van der Waals surface area (Å²) in [6.07, 6.45) is -1.93. The van der Waals surface area contributed by atoms with Gasteiger partial charge in [-0.3, -0.25) is 4.79 Å². The molecule has 0 aliphatic carbocycles. The van der Waals surface area contributed by atoms with Gasteiger partial charge in [0.2, 0.25) is 5.78 Å². The smallest absolute Gasteiger partial charge is 0.213 e. The fraction of sp³-hybridized carbons (Fsp3) is 0.188. The van der Waals surface area contributed by atoms with Gasteiger partial charge in [0, 0.05) is 0 Å². The second-order valence-electron chi connectivity index (χ2n) is 4.59. The van der Waals surface area contributed by atoms with Gasteiger partial charge in [-0.15, -0.1) is 0 Å². The number of aliphatic hydroxyl groups excluding tert-OH is 1. The van der Waals surface area contributed by atoms with Crippen molar-refractivity contribution >= 4 is 5.78 Å². The van der Waals surface area contributed by atoms with Crippen molar-refractivity contribution < 1.29 is 19.4 Å². The highest BCUT2D eigenvalue weighted by Crippen LogP contribution is 2.39. The van der Waals surface area contributed by atoms with Gasteiger partial charge < -0.3 is 14.6 Å². The molecule has 0 unspecified atom stereocenters. The molecule has 2 atom stereocenters. The predicted molar refractivity (Wildman–Crippen MR) is 73.1 cm³/mol. The molecule has 0 aromatic heterocycles. The van der Waals surface area contributed by atoms with E-state index >= 15 is 0 Å². The number of fused-ring (bicyclic) bond motifs is 1. The van der Waals surface area contributed by atoms with Gasteiger partial charge >= 0.3 is 0 Å². The van der Waals surface area contributed by atoms with E-state index in [1.807, 2.05) is 18.2 Å². The molecule has 0 fully saturated rings. The van der Waals surface area contributed by atoms with Gasteiger partial charge in [-0.1, -0.05) is 36.4 Å². The topological polar surface area (TPSA) is 55.8 Å². The number of hydrogen-bond acceptors (Lipinski definition) is 4. The van der Waals surface area contributed by atoms with Crippen LogP contribution in [-0.4, -0.2) is 24.1 Å². The van der Waals surface area contributed by atoms with Crippen LogP contribution in [0.4, 0.5) is 0 Å².